The van der Waals surface area contributed by atoms with Crippen LogP contribution >= 0.6 is 0 Å². The molecule has 6 nitrogen and oxygen atoms in total. The Kier molecular flexibility index (Phi) is 4.67. The minimum absolute atomic E-state index is 0.0378. The van der Waals surface area contributed by atoms with Crippen LogP contribution in [0.2, 0.25) is 0 Å². The van der Waals surface area contributed by atoms with Crippen LogP contribution in [0.5, 0.6) is 0 Å². The van der Waals surface area contributed by atoms with Gasteiger partial charge in [0, 0.05) is 19.3 Å². The number of aromatic amines is 1. The van der Waals surface area contributed by atoms with Gasteiger partial charge in [-0.3, -0.25) is 14.3 Å². The molecule has 0 bridgehead atoms. The van der Waals surface area contributed by atoms with Crippen molar-refractivity contribution < 1.29 is 0 Å². The molecule has 0 amide bonds. The van der Waals surface area contributed by atoms with Gasteiger partial charge in [0.15, 0.2) is 0 Å². The number of hydrogen-bond donors (Lipinski definition) is 1. The molecule has 17 heavy (non-hydrogen) atoms. The smallest absolute Gasteiger partial charge is 0.302 e. The molecule has 1 heterocycles. The van der Waals surface area contributed by atoms with E-state index in [4.69, 9.17) is 5.26 Å². The first kappa shape index (κ1) is 13.2. The second kappa shape index (κ2) is 6.01. The lowest BCUT2D eigenvalue weighted by Gasteiger charge is -2.18. The predicted molar refractivity (Wildman–Crippen MR) is 63.8 cm³/mol. The van der Waals surface area contributed by atoms with Crippen LogP contribution < -0.4 is 11.2 Å². The van der Waals surface area contributed by atoms with Gasteiger partial charge in [-0.25, -0.2) is 4.79 Å². The van der Waals surface area contributed by atoms with Crippen molar-refractivity contribution in [2.24, 2.45) is 0 Å². The highest BCUT2D eigenvalue weighted by Crippen LogP contribution is 1.90. The fourth-order valence-corrected chi connectivity index (χ4v) is 1.54. The van der Waals surface area contributed by atoms with Crippen LogP contribution in [0.3, 0.4) is 0 Å². The summed E-state index contributed by atoms with van der Waals surface area (Å²) in [4.78, 5) is 26.9. The van der Waals surface area contributed by atoms with Gasteiger partial charge in [-0.15, -0.1) is 0 Å². The fourth-order valence-electron chi connectivity index (χ4n) is 1.54. The van der Waals surface area contributed by atoms with Crippen LogP contribution in [0.4, 0.5) is 0 Å². The summed E-state index contributed by atoms with van der Waals surface area (Å²) in [6, 6.07) is 1.76. The zero-order valence-corrected chi connectivity index (χ0v) is 10.1. The molecule has 1 aromatic rings. The number of H-pyrrole nitrogens is 1. The number of rotatable bonds is 5. The molecule has 1 aromatic heterocycles. The molecule has 1 N–H and O–H groups in total. The molecule has 0 aromatic carbocycles. The number of nitrogens with zero attached hydrogens (tertiary/aromatic N) is 3. The van der Waals surface area contributed by atoms with Crippen molar-refractivity contribution in [2.75, 3.05) is 19.6 Å². The lowest BCUT2D eigenvalue weighted by molar-refractivity contribution is 0.288. The molecule has 0 unspecified atom stereocenters. The van der Waals surface area contributed by atoms with Crippen LogP contribution in [0.25, 0.3) is 0 Å². The van der Waals surface area contributed by atoms with Crippen LogP contribution in [0, 0.1) is 11.3 Å². The summed E-state index contributed by atoms with van der Waals surface area (Å²) in [5.74, 6) is 0. The fraction of sp³-hybridized carbons (Fsp3) is 0.545. The van der Waals surface area contributed by atoms with Crippen molar-refractivity contribution in [1.29, 1.82) is 5.26 Å². The summed E-state index contributed by atoms with van der Waals surface area (Å²) in [6.45, 7) is 7.06. The summed E-state index contributed by atoms with van der Waals surface area (Å²) in [7, 11) is 0. The molecule has 0 aliphatic rings. The first-order chi connectivity index (χ1) is 8.12. The molecule has 0 aliphatic heterocycles. The Labute approximate surface area is 99.1 Å². The summed E-state index contributed by atoms with van der Waals surface area (Å²) < 4.78 is 1.36. The monoisotopic (exact) mass is 236 g/mol. The molecular formula is C11H16N4O2. The topological polar surface area (TPSA) is 81.9 Å². The van der Waals surface area contributed by atoms with E-state index >= 15 is 0 Å². The summed E-state index contributed by atoms with van der Waals surface area (Å²) in [6.07, 6.45) is 1.31. The summed E-state index contributed by atoms with van der Waals surface area (Å²) >= 11 is 0. The summed E-state index contributed by atoms with van der Waals surface area (Å²) in [5, 5.41) is 8.71. The van der Waals surface area contributed by atoms with Gasteiger partial charge in [-0.05, 0) is 13.1 Å². The van der Waals surface area contributed by atoms with Gasteiger partial charge in [-0.1, -0.05) is 13.8 Å². The van der Waals surface area contributed by atoms with E-state index in [1.54, 1.807) is 6.07 Å². The molecule has 92 valence electrons. The van der Waals surface area contributed by atoms with E-state index < -0.39 is 11.2 Å². The van der Waals surface area contributed by atoms with Crippen LogP contribution in [-0.2, 0) is 6.54 Å². The molecule has 6 heteroatoms. The van der Waals surface area contributed by atoms with Crippen molar-refractivity contribution in [1.82, 2.24) is 14.5 Å². The van der Waals surface area contributed by atoms with Gasteiger partial charge in [-0.2, -0.15) is 5.26 Å². The Morgan fingerprint density at radius 3 is 2.59 bits per heavy atom. The Balaban J connectivity index is 2.89. The van der Waals surface area contributed by atoms with Gasteiger partial charge >= 0.3 is 5.69 Å². The number of likely N-dealkylation sites (N-methyl/N-ethyl adjacent to an activating group) is 1. The highest BCUT2D eigenvalue weighted by atomic mass is 16.2. The number of aromatic nitrogens is 2. The highest BCUT2D eigenvalue weighted by molar-refractivity contribution is 5.21. The van der Waals surface area contributed by atoms with Crippen LogP contribution in [0.1, 0.15) is 19.4 Å². The highest BCUT2D eigenvalue weighted by Gasteiger charge is 2.05. The standard InChI is InChI=1S/C11H16N4O2/c1-3-14(4-2)5-6-15-8-9(7-12)10(16)13-11(15)17/h8H,3-6H2,1-2H3,(H,13,16,17). The van der Waals surface area contributed by atoms with E-state index in [0.29, 0.717) is 13.1 Å². The van der Waals surface area contributed by atoms with Gasteiger partial charge in [0.25, 0.3) is 5.56 Å². The largest absolute Gasteiger partial charge is 0.328 e. The Morgan fingerprint density at radius 2 is 2.06 bits per heavy atom. The van der Waals surface area contributed by atoms with Gasteiger partial charge in [0.2, 0.25) is 0 Å². The van der Waals surface area contributed by atoms with Gasteiger partial charge in [0.05, 0.1) is 0 Å². The Hall–Kier alpha value is -1.87. The second-order valence-corrected chi connectivity index (χ2v) is 3.63. The van der Waals surface area contributed by atoms with Crippen LogP contribution in [0.15, 0.2) is 15.8 Å². The maximum Gasteiger partial charge on any atom is 0.328 e. The van der Waals surface area contributed by atoms with Crippen molar-refractivity contribution in [2.45, 2.75) is 20.4 Å². The normalized spacial score (nSPS) is 10.5. The molecule has 0 fully saturated rings. The number of hydrogen-bond acceptors (Lipinski definition) is 4. The molecule has 0 radical (unpaired) electrons. The maximum absolute atomic E-state index is 11.5. The summed E-state index contributed by atoms with van der Waals surface area (Å²) in [5.41, 5.74) is -1.14. The first-order valence-electron chi connectivity index (χ1n) is 5.58. The third kappa shape index (κ3) is 3.29. The zero-order chi connectivity index (χ0) is 12.8. The SMILES string of the molecule is CCN(CC)CCn1cc(C#N)c(=O)[nH]c1=O. The minimum Gasteiger partial charge on any atom is -0.302 e. The second-order valence-electron chi connectivity index (χ2n) is 3.63. The van der Waals surface area contributed by atoms with Crippen molar-refractivity contribution in [3.8, 4) is 6.07 Å². The molecular weight excluding hydrogens is 220 g/mol. The third-order valence-corrected chi connectivity index (χ3v) is 2.68. The van der Waals surface area contributed by atoms with Crippen LogP contribution in [-0.4, -0.2) is 34.1 Å². The lowest BCUT2D eigenvalue weighted by atomic mass is 10.3. The zero-order valence-electron chi connectivity index (χ0n) is 10.1. The van der Waals surface area contributed by atoms with E-state index in [-0.39, 0.29) is 5.56 Å². The van der Waals surface area contributed by atoms with E-state index in [9.17, 15) is 9.59 Å². The first-order valence-corrected chi connectivity index (χ1v) is 5.58. The van der Waals surface area contributed by atoms with Crippen molar-refractivity contribution in [3.63, 3.8) is 0 Å². The molecule has 0 aliphatic carbocycles. The number of nitrogens with one attached hydrogen (secondary N) is 1. The van der Waals surface area contributed by atoms with E-state index in [1.165, 1.54) is 10.8 Å². The lowest BCUT2D eigenvalue weighted by Crippen LogP contribution is -2.35. The van der Waals surface area contributed by atoms with Crippen molar-refractivity contribution in [3.05, 3.63) is 32.6 Å². The van der Waals surface area contributed by atoms with Gasteiger partial charge < -0.3 is 4.90 Å². The average Bonchev–Trinajstić information content (AvgIpc) is 2.32. The quantitative estimate of drug-likeness (QED) is 0.764. The average molecular weight is 236 g/mol. The molecule has 0 atom stereocenters. The predicted octanol–water partition coefficient (Wildman–Crippen LogP) is -0.250. The Bertz CT molecular complexity index is 519. The maximum atomic E-state index is 11.5. The molecule has 0 spiro atoms. The molecule has 0 saturated carbocycles. The Morgan fingerprint density at radius 1 is 1.41 bits per heavy atom. The minimum atomic E-state index is -0.628. The van der Waals surface area contributed by atoms with E-state index in [0.717, 1.165) is 13.1 Å². The van der Waals surface area contributed by atoms with Crippen molar-refractivity contribution >= 4 is 0 Å². The molecule has 0 saturated heterocycles. The molecule has 1 rings (SSSR count). The number of nitriles is 1. The van der Waals surface area contributed by atoms with E-state index in [1.807, 2.05) is 13.8 Å². The third-order valence-electron chi connectivity index (χ3n) is 2.68. The van der Waals surface area contributed by atoms with Gasteiger partial charge in [0.1, 0.15) is 11.6 Å². The van der Waals surface area contributed by atoms with E-state index in [2.05, 4.69) is 9.88 Å².